The number of para-hydroxylation sites is 1. The van der Waals surface area contributed by atoms with Crippen molar-refractivity contribution in [1.29, 1.82) is 0 Å². The van der Waals surface area contributed by atoms with E-state index in [9.17, 15) is 4.21 Å². The van der Waals surface area contributed by atoms with E-state index in [1.165, 1.54) is 0 Å². The molecule has 2 unspecified atom stereocenters. The molecule has 5 nitrogen and oxygen atoms in total. The molecule has 2 N–H and O–H groups in total. The van der Waals surface area contributed by atoms with E-state index in [0.717, 1.165) is 10.2 Å². The number of hydrogen-bond acceptors (Lipinski definition) is 3. The van der Waals surface area contributed by atoms with Crippen molar-refractivity contribution in [3.8, 4) is 5.75 Å². The van der Waals surface area contributed by atoms with E-state index in [1.54, 1.807) is 7.05 Å². The van der Waals surface area contributed by atoms with Crippen LogP contribution in [0.5, 0.6) is 5.75 Å². The molecular weight excluding hydrogens is 517 g/mol. The normalized spacial score (nSPS) is 14.2. The second-order valence-electron chi connectivity index (χ2n) is 6.40. The SMILES string of the molecule is CN=C(NCCS(=O)C(C)(C)C)NCC(C)Oc1ccccc1Br.I. The van der Waals surface area contributed by atoms with E-state index in [0.29, 0.717) is 24.8 Å². The van der Waals surface area contributed by atoms with Crippen LogP contribution >= 0.6 is 39.9 Å². The van der Waals surface area contributed by atoms with Crippen molar-refractivity contribution in [1.82, 2.24) is 10.6 Å². The second-order valence-corrected chi connectivity index (χ2v) is 9.58. The Morgan fingerprint density at radius 3 is 2.52 bits per heavy atom. The Morgan fingerprint density at radius 2 is 1.96 bits per heavy atom. The molecule has 0 aliphatic carbocycles. The molecule has 1 aromatic rings. The maximum atomic E-state index is 12.0. The number of benzene rings is 1. The van der Waals surface area contributed by atoms with E-state index in [-0.39, 0.29) is 34.8 Å². The van der Waals surface area contributed by atoms with Gasteiger partial charge in [0.25, 0.3) is 0 Å². The van der Waals surface area contributed by atoms with Gasteiger partial charge in [0.05, 0.1) is 11.0 Å². The standard InChI is InChI=1S/C17H28BrN3O2S.HI/c1-13(23-15-9-7-6-8-14(15)18)12-21-16(19-5)20-10-11-24(22)17(2,3)4;/h6-9,13H,10-12H2,1-5H3,(H2,19,20,21);1H. The summed E-state index contributed by atoms with van der Waals surface area (Å²) in [5.74, 6) is 2.09. The van der Waals surface area contributed by atoms with Gasteiger partial charge in [-0.3, -0.25) is 9.20 Å². The summed E-state index contributed by atoms with van der Waals surface area (Å²) in [5, 5.41) is 6.41. The molecule has 1 rings (SSSR count). The maximum Gasteiger partial charge on any atom is 0.191 e. The topological polar surface area (TPSA) is 62.7 Å². The molecule has 0 spiro atoms. The summed E-state index contributed by atoms with van der Waals surface area (Å²) in [6.45, 7) is 9.17. The monoisotopic (exact) mass is 545 g/mol. The third-order valence-electron chi connectivity index (χ3n) is 3.21. The molecule has 1 aromatic carbocycles. The highest BCUT2D eigenvalue weighted by Gasteiger charge is 2.18. The molecule has 0 amide bonds. The minimum Gasteiger partial charge on any atom is -0.488 e. The summed E-state index contributed by atoms with van der Waals surface area (Å²) in [5.41, 5.74) is 0. The number of ether oxygens (including phenoxy) is 1. The van der Waals surface area contributed by atoms with Crippen LogP contribution in [0, 0.1) is 0 Å². The van der Waals surface area contributed by atoms with Crippen molar-refractivity contribution in [3.05, 3.63) is 28.7 Å². The predicted octanol–water partition coefficient (Wildman–Crippen LogP) is 3.55. The van der Waals surface area contributed by atoms with Gasteiger partial charge in [0.1, 0.15) is 11.9 Å². The third kappa shape index (κ3) is 9.79. The first-order chi connectivity index (χ1) is 11.2. The molecule has 0 heterocycles. The average molecular weight is 546 g/mol. The van der Waals surface area contributed by atoms with Gasteiger partial charge in [0, 0.05) is 34.9 Å². The number of guanidine groups is 1. The molecule has 2 atom stereocenters. The Morgan fingerprint density at radius 1 is 1.32 bits per heavy atom. The van der Waals surface area contributed by atoms with Crippen molar-refractivity contribution in [2.24, 2.45) is 4.99 Å². The highest BCUT2D eigenvalue weighted by Crippen LogP contribution is 2.24. The number of rotatable bonds is 7. The minimum absolute atomic E-state index is 0. The van der Waals surface area contributed by atoms with Crippen LogP contribution in [0.4, 0.5) is 0 Å². The van der Waals surface area contributed by atoms with Crippen LogP contribution in [0.15, 0.2) is 33.7 Å². The first-order valence-electron chi connectivity index (χ1n) is 7.98. The quantitative estimate of drug-likeness (QED) is 0.312. The highest BCUT2D eigenvalue weighted by molar-refractivity contribution is 14.0. The van der Waals surface area contributed by atoms with Crippen molar-refractivity contribution in [2.75, 3.05) is 25.9 Å². The van der Waals surface area contributed by atoms with Crippen molar-refractivity contribution < 1.29 is 8.95 Å². The molecule has 144 valence electrons. The van der Waals surface area contributed by atoms with Gasteiger partial charge >= 0.3 is 0 Å². The lowest BCUT2D eigenvalue weighted by molar-refractivity contribution is 0.222. The van der Waals surface area contributed by atoms with Gasteiger partial charge < -0.3 is 15.4 Å². The Balaban J connectivity index is 0.00000576. The molecule has 0 saturated carbocycles. The van der Waals surface area contributed by atoms with E-state index >= 15 is 0 Å². The molecule has 0 saturated heterocycles. The lowest BCUT2D eigenvalue weighted by Gasteiger charge is -2.20. The molecule has 0 fully saturated rings. The van der Waals surface area contributed by atoms with Crippen LogP contribution in [0.2, 0.25) is 0 Å². The van der Waals surface area contributed by atoms with Crippen molar-refractivity contribution in [2.45, 2.75) is 38.5 Å². The second kappa shape index (κ2) is 12.1. The van der Waals surface area contributed by atoms with Crippen LogP contribution in [0.1, 0.15) is 27.7 Å². The molecule has 0 aliphatic heterocycles. The fourth-order valence-corrected chi connectivity index (χ4v) is 3.11. The summed E-state index contributed by atoms with van der Waals surface area (Å²) in [6, 6.07) is 7.77. The van der Waals surface area contributed by atoms with Crippen LogP contribution in [0.3, 0.4) is 0 Å². The molecule has 0 aliphatic rings. The van der Waals surface area contributed by atoms with Crippen molar-refractivity contribution >= 4 is 56.7 Å². The smallest absolute Gasteiger partial charge is 0.191 e. The van der Waals surface area contributed by atoms with Gasteiger partial charge in [-0.1, -0.05) is 12.1 Å². The van der Waals surface area contributed by atoms with E-state index in [4.69, 9.17) is 4.74 Å². The molecule has 0 radical (unpaired) electrons. The van der Waals surface area contributed by atoms with Gasteiger partial charge in [0.2, 0.25) is 0 Å². The van der Waals surface area contributed by atoms with Gasteiger partial charge in [-0.2, -0.15) is 0 Å². The lowest BCUT2D eigenvalue weighted by Crippen LogP contribution is -2.43. The Labute approximate surface area is 179 Å². The van der Waals surface area contributed by atoms with Gasteiger partial charge in [0.15, 0.2) is 5.96 Å². The summed E-state index contributed by atoms with van der Waals surface area (Å²) >= 11 is 3.47. The molecule has 25 heavy (non-hydrogen) atoms. The van der Waals surface area contributed by atoms with Crippen LogP contribution in [-0.4, -0.2) is 46.9 Å². The van der Waals surface area contributed by atoms with E-state index < -0.39 is 10.8 Å². The average Bonchev–Trinajstić information content (AvgIpc) is 2.51. The van der Waals surface area contributed by atoms with Crippen LogP contribution in [-0.2, 0) is 10.8 Å². The first-order valence-corrected chi connectivity index (χ1v) is 10.1. The summed E-state index contributed by atoms with van der Waals surface area (Å²) in [7, 11) is 0.845. The molecule has 8 heteroatoms. The molecule has 0 aromatic heterocycles. The summed E-state index contributed by atoms with van der Waals surface area (Å²) in [6.07, 6.45) is -0.0223. The zero-order valence-corrected chi connectivity index (χ0v) is 20.2. The van der Waals surface area contributed by atoms with Gasteiger partial charge in [-0.05, 0) is 55.8 Å². The Bertz CT molecular complexity index is 579. The Kier molecular flexibility index (Phi) is 11.9. The zero-order chi connectivity index (χ0) is 18.2. The maximum absolute atomic E-state index is 12.0. The van der Waals surface area contributed by atoms with Gasteiger partial charge in [-0.25, -0.2) is 0 Å². The number of hydrogen-bond donors (Lipinski definition) is 2. The fraction of sp³-hybridized carbons (Fsp3) is 0.588. The first kappa shape index (κ1) is 24.7. The summed E-state index contributed by atoms with van der Waals surface area (Å²) < 4.78 is 18.7. The predicted molar refractivity (Wildman–Crippen MR) is 122 cm³/mol. The fourth-order valence-electron chi connectivity index (χ4n) is 1.83. The van der Waals surface area contributed by atoms with Crippen LogP contribution in [0.25, 0.3) is 0 Å². The van der Waals surface area contributed by atoms with Crippen LogP contribution < -0.4 is 15.4 Å². The summed E-state index contributed by atoms with van der Waals surface area (Å²) in [4.78, 5) is 4.17. The third-order valence-corrected chi connectivity index (χ3v) is 5.80. The number of nitrogens with zero attached hydrogens (tertiary/aromatic N) is 1. The number of halogens is 2. The zero-order valence-electron chi connectivity index (χ0n) is 15.5. The van der Waals surface area contributed by atoms with E-state index in [1.807, 2.05) is 52.0 Å². The van der Waals surface area contributed by atoms with E-state index in [2.05, 4.69) is 31.6 Å². The largest absolute Gasteiger partial charge is 0.488 e. The molecule has 0 bridgehead atoms. The number of aliphatic imine (C=N–C) groups is 1. The molecular formula is C17H29BrIN3O2S. The minimum atomic E-state index is -0.873. The van der Waals surface area contributed by atoms with Gasteiger partial charge in [-0.15, -0.1) is 24.0 Å². The lowest BCUT2D eigenvalue weighted by atomic mass is 10.3. The Hall–Kier alpha value is -0.350. The number of nitrogens with one attached hydrogen (secondary N) is 2. The highest BCUT2D eigenvalue weighted by atomic mass is 127. The van der Waals surface area contributed by atoms with Crippen molar-refractivity contribution in [3.63, 3.8) is 0 Å².